The molecular formula is C20H27N3O4S. The van der Waals surface area contributed by atoms with Gasteiger partial charge in [-0.1, -0.05) is 12.8 Å². The summed E-state index contributed by atoms with van der Waals surface area (Å²) in [5, 5.41) is 27.6. The van der Waals surface area contributed by atoms with Crippen molar-refractivity contribution in [3.63, 3.8) is 0 Å². The molecule has 3 fully saturated rings. The lowest BCUT2D eigenvalue weighted by atomic mass is 9.77. The van der Waals surface area contributed by atoms with Crippen LogP contribution in [0.25, 0.3) is 0 Å². The first-order valence-corrected chi connectivity index (χ1v) is 10.3. The summed E-state index contributed by atoms with van der Waals surface area (Å²) in [4.78, 5) is 15.0. The number of hydrogen-bond donors (Lipinski definition) is 4. The third-order valence-corrected chi connectivity index (χ3v) is 6.55. The fraction of sp³-hybridized carbons (Fsp3) is 0.600. The first kappa shape index (κ1) is 19.4. The Hall–Kier alpha value is -1.90. The number of thiocarbonyl (C=S) groups is 1. The maximum Gasteiger partial charge on any atom is 0.225 e. The molecular weight excluding hydrogens is 378 g/mol. The summed E-state index contributed by atoms with van der Waals surface area (Å²) in [7, 11) is 1.61. The van der Waals surface area contributed by atoms with Crippen LogP contribution in [0.15, 0.2) is 24.3 Å². The van der Waals surface area contributed by atoms with Gasteiger partial charge in [-0.2, -0.15) is 0 Å². The number of benzene rings is 1. The van der Waals surface area contributed by atoms with Crippen LogP contribution in [0.5, 0.6) is 5.75 Å². The Labute approximate surface area is 170 Å². The van der Waals surface area contributed by atoms with Crippen LogP contribution < -0.4 is 20.3 Å². The maximum absolute atomic E-state index is 13.1. The van der Waals surface area contributed by atoms with Gasteiger partial charge in [0, 0.05) is 11.7 Å². The summed E-state index contributed by atoms with van der Waals surface area (Å²) >= 11 is 5.53. The van der Waals surface area contributed by atoms with Gasteiger partial charge in [-0.05, 0) is 55.7 Å². The van der Waals surface area contributed by atoms with Gasteiger partial charge in [-0.15, -0.1) is 0 Å². The van der Waals surface area contributed by atoms with Crippen molar-refractivity contribution in [2.45, 2.75) is 62.4 Å². The van der Waals surface area contributed by atoms with E-state index in [4.69, 9.17) is 17.0 Å². The number of aliphatic hydroxyl groups is 2. The fourth-order valence-corrected chi connectivity index (χ4v) is 5.13. The Morgan fingerprint density at radius 3 is 2.57 bits per heavy atom. The highest BCUT2D eigenvalue weighted by Crippen LogP contribution is 2.37. The number of methoxy groups -OCH3 is 1. The van der Waals surface area contributed by atoms with Gasteiger partial charge in [0.25, 0.3) is 0 Å². The number of nitrogens with zero attached hydrogens (tertiary/aromatic N) is 1. The maximum atomic E-state index is 13.1. The van der Waals surface area contributed by atoms with E-state index in [2.05, 4.69) is 10.6 Å². The van der Waals surface area contributed by atoms with E-state index in [1.54, 1.807) is 7.11 Å². The molecule has 5 atom stereocenters. The summed E-state index contributed by atoms with van der Waals surface area (Å²) in [6, 6.07) is 6.79. The molecule has 1 aromatic rings. The zero-order chi connectivity index (χ0) is 19.8. The molecule has 1 saturated heterocycles. The lowest BCUT2D eigenvalue weighted by molar-refractivity contribution is -0.131. The minimum Gasteiger partial charge on any atom is -0.497 e. The van der Waals surface area contributed by atoms with Gasteiger partial charge in [0.05, 0.1) is 31.2 Å². The lowest BCUT2D eigenvalue weighted by Gasteiger charge is -2.41. The second-order valence-corrected chi connectivity index (χ2v) is 8.31. The van der Waals surface area contributed by atoms with Crippen molar-refractivity contribution in [3.8, 4) is 5.75 Å². The number of rotatable bonds is 4. The zero-order valence-corrected chi connectivity index (χ0v) is 16.7. The average Bonchev–Trinajstić information content (AvgIpc) is 3.32. The van der Waals surface area contributed by atoms with Crippen LogP contribution in [-0.4, -0.2) is 58.7 Å². The van der Waals surface area contributed by atoms with E-state index in [0.717, 1.165) is 37.1 Å². The number of anilines is 1. The number of nitrogens with one attached hydrogen (secondary N) is 2. The predicted octanol–water partition coefficient (Wildman–Crippen LogP) is 0.927. The Morgan fingerprint density at radius 1 is 1.25 bits per heavy atom. The predicted molar refractivity (Wildman–Crippen MR) is 109 cm³/mol. The van der Waals surface area contributed by atoms with Gasteiger partial charge in [-0.3, -0.25) is 4.79 Å². The van der Waals surface area contributed by atoms with E-state index in [1.807, 2.05) is 29.2 Å². The van der Waals surface area contributed by atoms with Gasteiger partial charge in [0.2, 0.25) is 5.91 Å². The van der Waals surface area contributed by atoms with Crippen LogP contribution >= 0.6 is 12.2 Å². The molecule has 0 radical (unpaired) electrons. The van der Waals surface area contributed by atoms with Crippen molar-refractivity contribution in [2.75, 3.05) is 12.0 Å². The fourth-order valence-electron chi connectivity index (χ4n) is 4.76. The van der Waals surface area contributed by atoms with Crippen LogP contribution in [0.1, 0.15) is 32.1 Å². The molecule has 0 spiro atoms. The van der Waals surface area contributed by atoms with Gasteiger partial charge in [0.15, 0.2) is 5.11 Å². The molecule has 0 bridgehead atoms. The average molecular weight is 406 g/mol. The van der Waals surface area contributed by atoms with E-state index in [-0.39, 0.29) is 24.4 Å². The minimum absolute atomic E-state index is 0.0714. The molecule has 2 saturated carbocycles. The zero-order valence-electron chi connectivity index (χ0n) is 15.9. The van der Waals surface area contributed by atoms with Crippen molar-refractivity contribution < 1.29 is 19.7 Å². The second kappa shape index (κ2) is 7.85. The summed E-state index contributed by atoms with van der Waals surface area (Å²) in [5.74, 6) is 0.185. The summed E-state index contributed by atoms with van der Waals surface area (Å²) in [6.07, 6.45) is 2.51. The van der Waals surface area contributed by atoms with E-state index in [9.17, 15) is 15.0 Å². The molecule has 4 rings (SSSR count). The van der Waals surface area contributed by atoms with Gasteiger partial charge >= 0.3 is 0 Å². The van der Waals surface area contributed by atoms with Crippen molar-refractivity contribution >= 4 is 28.9 Å². The second-order valence-electron chi connectivity index (χ2n) is 7.92. The topological polar surface area (TPSA) is 94.1 Å². The SMILES string of the molecule is COc1ccc(N2C(=S)NC3C(O)C(O)CC(C(=O)NC4CCCC4)C32)cc1. The van der Waals surface area contributed by atoms with Crippen LogP contribution in [-0.2, 0) is 4.79 Å². The standard InChI is InChI=1S/C20H27N3O4S/c1-27-13-8-6-12(7-9-13)23-17-14(19(26)21-11-4-2-3-5-11)10-15(24)18(25)16(17)22-20(23)28/h6-9,11,14-18,24-25H,2-5,10H2,1H3,(H,21,26)(H,22,28). The monoisotopic (exact) mass is 405 g/mol. The summed E-state index contributed by atoms with van der Waals surface area (Å²) < 4.78 is 5.23. The number of ether oxygens (including phenoxy) is 1. The number of fused-ring (bicyclic) bond motifs is 1. The molecule has 1 amide bonds. The third kappa shape index (κ3) is 3.44. The number of aliphatic hydroxyl groups excluding tert-OH is 2. The molecule has 8 heteroatoms. The number of hydrogen-bond acceptors (Lipinski definition) is 5. The third-order valence-electron chi connectivity index (χ3n) is 6.23. The van der Waals surface area contributed by atoms with Crippen molar-refractivity contribution in [1.82, 2.24) is 10.6 Å². The van der Waals surface area contributed by atoms with E-state index < -0.39 is 24.2 Å². The van der Waals surface area contributed by atoms with Gasteiger partial charge < -0.3 is 30.5 Å². The quantitative estimate of drug-likeness (QED) is 0.554. The van der Waals surface area contributed by atoms with E-state index in [0.29, 0.717) is 5.11 Å². The lowest BCUT2D eigenvalue weighted by Crippen LogP contribution is -2.61. The van der Waals surface area contributed by atoms with Crippen LogP contribution in [0.2, 0.25) is 0 Å². The molecule has 1 aliphatic heterocycles. The molecule has 2 aliphatic carbocycles. The highest BCUT2D eigenvalue weighted by Gasteiger charge is 2.54. The van der Waals surface area contributed by atoms with Crippen LogP contribution in [0, 0.1) is 5.92 Å². The number of carbonyl (C=O) groups is 1. The molecule has 7 nitrogen and oxygen atoms in total. The first-order chi connectivity index (χ1) is 13.5. The van der Waals surface area contributed by atoms with Gasteiger partial charge in [0.1, 0.15) is 11.9 Å². The minimum atomic E-state index is -0.985. The smallest absolute Gasteiger partial charge is 0.225 e. The molecule has 5 unspecified atom stereocenters. The molecule has 28 heavy (non-hydrogen) atoms. The van der Waals surface area contributed by atoms with Crippen molar-refractivity contribution in [1.29, 1.82) is 0 Å². The normalized spacial score (nSPS) is 32.8. The summed E-state index contributed by atoms with van der Waals surface area (Å²) in [6.45, 7) is 0. The van der Waals surface area contributed by atoms with Crippen molar-refractivity contribution in [2.24, 2.45) is 5.92 Å². The molecule has 0 aromatic heterocycles. The Bertz CT molecular complexity index is 737. The van der Waals surface area contributed by atoms with Gasteiger partial charge in [-0.25, -0.2) is 0 Å². The molecule has 1 heterocycles. The Kier molecular flexibility index (Phi) is 5.44. The Morgan fingerprint density at radius 2 is 1.93 bits per heavy atom. The van der Waals surface area contributed by atoms with Crippen molar-refractivity contribution in [3.05, 3.63) is 24.3 Å². The number of amides is 1. The number of carbonyl (C=O) groups excluding carboxylic acids is 1. The first-order valence-electron chi connectivity index (χ1n) is 9.90. The largest absolute Gasteiger partial charge is 0.497 e. The molecule has 152 valence electrons. The molecule has 3 aliphatic rings. The molecule has 4 N–H and O–H groups in total. The van der Waals surface area contributed by atoms with E-state index in [1.165, 1.54) is 0 Å². The summed E-state index contributed by atoms with van der Waals surface area (Å²) in [5.41, 5.74) is 0.827. The Balaban J connectivity index is 1.63. The molecule has 1 aromatic carbocycles. The highest BCUT2D eigenvalue weighted by molar-refractivity contribution is 7.80. The van der Waals surface area contributed by atoms with E-state index >= 15 is 0 Å². The van der Waals surface area contributed by atoms with Crippen LogP contribution in [0.4, 0.5) is 5.69 Å². The van der Waals surface area contributed by atoms with Crippen LogP contribution in [0.3, 0.4) is 0 Å². The highest BCUT2D eigenvalue weighted by atomic mass is 32.1.